The molecule has 2 rings (SSSR count). The minimum absolute atomic E-state index is 0.429. The van der Waals surface area contributed by atoms with E-state index in [9.17, 15) is 4.79 Å². The van der Waals surface area contributed by atoms with E-state index in [1.165, 1.54) is 4.90 Å². The number of anilines is 1. The molecule has 1 atom stereocenters. The van der Waals surface area contributed by atoms with E-state index < -0.39 is 18.6 Å². The van der Waals surface area contributed by atoms with Crippen LogP contribution in [-0.4, -0.2) is 40.9 Å². The second-order valence-corrected chi connectivity index (χ2v) is 3.89. The molecule has 90 valence electrons. The molecule has 1 aromatic heterocycles. The number of aromatic nitrogens is 1. The smallest absolute Gasteiger partial charge is 0.328 e. The second-order valence-electron chi connectivity index (χ2n) is 3.89. The van der Waals surface area contributed by atoms with Crippen LogP contribution in [-0.2, 0) is 4.79 Å². The van der Waals surface area contributed by atoms with Crippen molar-refractivity contribution in [2.45, 2.75) is 6.04 Å². The number of H-pyrrole nitrogens is 1. The Morgan fingerprint density at radius 3 is 2.76 bits per heavy atom. The van der Waals surface area contributed by atoms with Crippen LogP contribution in [0.25, 0.3) is 10.9 Å². The zero-order valence-corrected chi connectivity index (χ0v) is 9.42. The van der Waals surface area contributed by atoms with Crippen LogP contribution < -0.4 is 4.90 Å². The lowest BCUT2D eigenvalue weighted by Crippen LogP contribution is -2.41. The van der Waals surface area contributed by atoms with Gasteiger partial charge < -0.3 is 20.1 Å². The summed E-state index contributed by atoms with van der Waals surface area (Å²) in [5.74, 6) is -0.374. The average Bonchev–Trinajstić information content (AvgIpc) is 2.72. The van der Waals surface area contributed by atoms with Crippen molar-refractivity contribution in [2.24, 2.45) is 0 Å². The molecule has 0 saturated carbocycles. The first-order valence-corrected chi connectivity index (χ1v) is 5.27. The van der Waals surface area contributed by atoms with Crippen LogP contribution in [0.4, 0.5) is 5.82 Å². The number of hydrogen-bond acceptors (Lipinski definition) is 3. The summed E-state index contributed by atoms with van der Waals surface area (Å²) in [5, 5.41) is 19.0. The second kappa shape index (κ2) is 4.47. The van der Waals surface area contributed by atoms with Gasteiger partial charge in [-0.2, -0.15) is 0 Å². The first kappa shape index (κ1) is 11.5. The number of nitrogens with one attached hydrogen (secondary N) is 1. The standard InChI is InChI=1S/C12H14N2O3/c1-14(10(7-15)12(16)17)11-6-8-4-2-3-5-9(8)13-11/h2-6,10,13,15H,7H2,1H3,(H,16,17)/t10-/m0/s1. The van der Waals surface area contributed by atoms with Gasteiger partial charge >= 0.3 is 5.97 Å². The van der Waals surface area contributed by atoms with Gasteiger partial charge in [-0.1, -0.05) is 18.2 Å². The quantitative estimate of drug-likeness (QED) is 0.739. The molecule has 0 aliphatic carbocycles. The van der Waals surface area contributed by atoms with E-state index in [1.807, 2.05) is 30.3 Å². The fourth-order valence-corrected chi connectivity index (χ4v) is 1.78. The van der Waals surface area contributed by atoms with E-state index in [4.69, 9.17) is 10.2 Å². The number of hydrogen-bond donors (Lipinski definition) is 3. The zero-order valence-electron chi connectivity index (χ0n) is 9.42. The Labute approximate surface area is 98.3 Å². The Kier molecular flexibility index (Phi) is 3.01. The Morgan fingerprint density at radius 2 is 2.18 bits per heavy atom. The number of para-hydroxylation sites is 1. The third-order valence-electron chi connectivity index (χ3n) is 2.82. The molecule has 0 bridgehead atoms. The highest BCUT2D eigenvalue weighted by Gasteiger charge is 2.22. The summed E-state index contributed by atoms with van der Waals surface area (Å²) in [6.07, 6.45) is 0. The van der Waals surface area contributed by atoms with Crippen LogP contribution in [0.1, 0.15) is 0 Å². The van der Waals surface area contributed by atoms with Gasteiger partial charge in [-0.05, 0) is 12.1 Å². The largest absolute Gasteiger partial charge is 0.480 e. The molecule has 0 aliphatic rings. The van der Waals surface area contributed by atoms with Gasteiger partial charge in [0.1, 0.15) is 5.82 Å². The molecule has 0 radical (unpaired) electrons. The maximum absolute atomic E-state index is 10.9. The van der Waals surface area contributed by atoms with E-state index in [-0.39, 0.29) is 0 Å². The zero-order chi connectivity index (χ0) is 12.4. The number of carbonyl (C=O) groups is 1. The van der Waals surface area contributed by atoms with Gasteiger partial charge in [-0.25, -0.2) is 4.79 Å². The van der Waals surface area contributed by atoms with Gasteiger partial charge in [0.15, 0.2) is 6.04 Å². The molecule has 5 heteroatoms. The lowest BCUT2D eigenvalue weighted by Gasteiger charge is -2.23. The number of carboxylic acid groups (broad SMARTS) is 1. The molecule has 0 spiro atoms. The third-order valence-corrected chi connectivity index (χ3v) is 2.82. The fraction of sp³-hybridized carbons (Fsp3) is 0.250. The van der Waals surface area contributed by atoms with Crippen LogP contribution in [0.2, 0.25) is 0 Å². The van der Waals surface area contributed by atoms with Crippen molar-refractivity contribution < 1.29 is 15.0 Å². The summed E-state index contributed by atoms with van der Waals surface area (Å²) < 4.78 is 0. The van der Waals surface area contributed by atoms with E-state index in [2.05, 4.69) is 4.98 Å². The van der Waals surface area contributed by atoms with Gasteiger partial charge in [-0.15, -0.1) is 0 Å². The first-order valence-electron chi connectivity index (χ1n) is 5.27. The summed E-state index contributed by atoms with van der Waals surface area (Å²) in [4.78, 5) is 15.6. The van der Waals surface area contributed by atoms with Crippen molar-refractivity contribution in [1.29, 1.82) is 0 Å². The van der Waals surface area contributed by atoms with Crippen LogP contribution >= 0.6 is 0 Å². The minimum Gasteiger partial charge on any atom is -0.480 e. The number of aliphatic hydroxyl groups is 1. The molecule has 0 amide bonds. The fourth-order valence-electron chi connectivity index (χ4n) is 1.78. The van der Waals surface area contributed by atoms with Gasteiger partial charge in [0.2, 0.25) is 0 Å². The molecule has 5 nitrogen and oxygen atoms in total. The first-order chi connectivity index (χ1) is 8.13. The molecule has 0 saturated heterocycles. The van der Waals surface area contributed by atoms with Crippen molar-refractivity contribution >= 4 is 22.7 Å². The highest BCUT2D eigenvalue weighted by molar-refractivity contribution is 5.85. The lowest BCUT2D eigenvalue weighted by molar-refractivity contribution is -0.139. The van der Waals surface area contributed by atoms with Crippen molar-refractivity contribution in [3.63, 3.8) is 0 Å². The Morgan fingerprint density at radius 1 is 1.47 bits per heavy atom. The number of fused-ring (bicyclic) bond motifs is 1. The van der Waals surface area contributed by atoms with E-state index >= 15 is 0 Å². The molecule has 2 aromatic rings. The summed E-state index contributed by atoms with van der Waals surface area (Å²) in [6, 6.07) is 8.60. The molecule has 17 heavy (non-hydrogen) atoms. The lowest BCUT2D eigenvalue weighted by atomic mass is 10.2. The van der Waals surface area contributed by atoms with E-state index in [1.54, 1.807) is 7.05 Å². The molecular weight excluding hydrogens is 220 g/mol. The van der Waals surface area contributed by atoms with Gasteiger partial charge in [0.25, 0.3) is 0 Å². The maximum Gasteiger partial charge on any atom is 0.328 e. The topological polar surface area (TPSA) is 76.6 Å². The third kappa shape index (κ3) is 2.09. The predicted molar refractivity (Wildman–Crippen MR) is 65.2 cm³/mol. The molecule has 1 heterocycles. The van der Waals surface area contributed by atoms with Crippen molar-refractivity contribution in [2.75, 3.05) is 18.6 Å². The van der Waals surface area contributed by atoms with Gasteiger partial charge in [-0.3, -0.25) is 0 Å². The van der Waals surface area contributed by atoms with Crippen LogP contribution in [0.3, 0.4) is 0 Å². The Hall–Kier alpha value is -2.01. The molecule has 0 unspecified atom stereocenters. The summed E-state index contributed by atoms with van der Waals surface area (Å²) >= 11 is 0. The predicted octanol–water partition coefficient (Wildman–Crippen LogP) is 1.05. The average molecular weight is 234 g/mol. The van der Waals surface area contributed by atoms with Crippen molar-refractivity contribution in [3.05, 3.63) is 30.3 Å². The van der Waals surface area contributed by atoms with Gasteiger partial charge in [0, 0.05) is 18.0 Å². The number of carboxylic acids is 1. The Bertz CT molecular complexity index is 502. The summed E-state index contributed by atoms with van der Waals surface area (Å²) in [7, 11) is 1.64. The molecule has 0 aliphatic heterocycles. The normalized spacial score (nSPS) is 12.6. The molecule has 0 fully saturated rings. The maximum atomic E-state index is 10.9. The van der Waals surface area contributed by atoms with Crippen molar-refractivity contribution in [1.82, 2.24) is 4.98 Å². The van der Waals surface area contributed by atoms with Crippen molar-refractivity contribution in [3.8, 4) is 0 Å². The molecule has 1 aromatic carbocycles. The number of rotatable bonds is 4. The van der Waals surface area contributed by atoms with Crippen LogP contribution in [0, 0.1) is 0 Å². The van der Waals surface area contributed by atoms with Crippen LogP contribution in [0.5, 0.6) is 0 Å². The van der Waals surface area contributed by atoms with E-state index in [0.29, 0.717) is 5.82 Å². The highest BCUT2D eigenvalue weighted by Crippen LogP contribution is 2.21. The summed E-state index contributed by atoms with van der Waals surface area (Å²) in [6.45, 7) is -0.429. The number of benzene rings is 1. The number of likely N-dealkylation sites (N-methyl/N-ethyl adjacent to an activating group) is 1. The minimum atomic E-state index is -1.05. The highest BCUT2D eigenvalue weighted by atomic mass is 16.4. The van der Waals surface area contributed by atoms with E-state index in [0.717, 1.165) is 10.9 Å². The number of aromatic amines is 1. The monoisotopic (exact) mass is 234 g/mol. The Balaban J connectivity index is 2.35. The number of aliphatic carboxylic acids is 1. The SMILES string of the molecule is CN(c1cc2ccccc2[nH]1)[C@@H](CO)C(=O)O. The molecular formula is C12H14N2O3. The number of aliphatic hydroxyl groups excluding tert-OH is 1. The van der Waals surface area contributed by atoms with Crippen LogP contribution in [0.15, 0.2) is 30.3 Å². The number of nitrogens with zero attached hydrogens (tertiary/aromatic N) is 1. The summed E-state index contributed by atoms with van der Waals surface area (Å²) in [5.41, 5.74) is 0.941. The molecule has 3 N–H and O–H groups in total. The van der Waals surface area contributed by atoms with Gasteiger partial charge in [0.05, 0.1) is 6.61 Å².